The molecule has 0 unspecified atom stereocenters. The van der Waals surface area contributed by atoms with Crippen LogP contribution in [0.2, 0.25) is 5.02 Å². The van der Waals surface area contributed by atoms with Gasteiger partial charge in [0.15, 0.2) is 0 Å². The van der Waals surface area contributed by atoms with E-state index in [4.69, 9.17) is 11.6 Å². The Kier molecular flexibility index (Phi) is 9.33. The molecule has 1 heterocycles. The molecule has 31 heavy (non-hydrogen) atoms. The van der Waals surface area contributed by atoms with Gasteiger partial charge in [0.25, 0.3) is 5.91 Å². The SMILES string of the molecule is CCC(CC)C(=O)N1CCC(NC(=O)c2ccc(Cl)c(S(=O)(=O)N(CC)CC)c2)CC1. The zero-order valence-electron chi connectivity index (χ0n) is 18.9. The molecule has 1 aromatic carbocycles. The Morgan fingerprint density at radius 2 is 1.71 bits per heavy atom. The number of hydrogen-bond acceptors (Lipinski definition) is 4. The molecule has 1 saturated heterocycles. The summed E-state index contributed by atoms with van der Waals surface area (Å²) in [6.45, 7) is 9.43. The molecule has 0 aromatic heterocycles. The number of carbonyl (C=O) groups excluding carboxylic acids is 2. The highest BCUT2D eigenvalue weighted by Crippen LogP contribution is 2.26. The number of nitrogens with one attached hydrogen (secondary N) is 1. The van der Waals surface area contributed by atoms with Crippen molar-refractivity contribution in [3.8, 4) is 0 Å². The molecule has 2 amide bonds. The molecule has 174 valence electrons. The summed E-state index contributed by atoms with van der Waals surface area (Å²) in [6, 6.07) is 4.27. The van der Waals surface area contributed by atoms with Crippen LogP contribution in [0.1, 0.15) is 63.7 Å². The molecule has 1 N–H and O–H groups in total. The number of hydrogen-bond donors (Lipinski definition) is 1. The number of benzene rings is 1. The van der Waals surface area contributed by atoms with Crippen LogP contribution in [0.5, 0.6) is 0 Å². The first-order chi connectivity index (χ1) is 14.7. The highest BCUT2D eigenvalue weighted by molar-refractivity contribution is 7.89. The van der Waals surface area contributed by atoms with Crippen LogP contribution in [0.4, 0.5) is 0 Å². The van der Waals surface area contributed by atoms with E-state index in [1.54, 1.807) is 13.8 Å². The number of halogens is 1. The van der Waals surface area contributed by atoms with Crippen LogP contribution in [-0.2, 0) is 14.8 Å². The second-order valence-corrected chi connectivity index (χ2v) is 10.1. The van der Waals surface area contributed by atoms with Gasteiger partial charge in [-0.2, -0.15) is 4.31 Å². The van der Waals surface area contributed by atoms with Gasteiger partial charge < -0.3 is 10.2 Å². The van der Waals surface area contributed by atoms with E-state index in [1.165, 1.54) is 22.5 Å². The maximum Gasteiger partial charge on any atom is 0.251 e. The monoisotopic (exact) mass is 471 g/mol. The first kappa shape index (κ1) is 25.6. The second kappa shape index (κ2) is 11.3. The van der Waals surface area contributed by atoms with Gasteiger partial charge in [0.2, 0.25) is 15.9 Å². The Balaban J connectivity index is 2.07. The summed E-state index contributed by atoms with van der Waals surface area (Å²) in [4.78, 5) is 27.2. The third kappa shape index (κ3) is 5.99. The Morgan fingerprint density at radius 3 is 2.23 bits per heavy atom. The molecule has 1 aromatic rings. The van der Waals surface area contributed by atoms with E-state index in [-0.39, 0.29) is 39.3 Å². The van der Waals surface area contributed by atoms with Crippen LogP contribution in [0.3, 0.4) is 0 Å². The van der Waals surface area contributed by atoms with Gasteiger partial charge in [-0.3, -0.25) is 9.59 Å². The number of rotatable bonds is 9. The lowest BCUT2D eigenvalue weighted by Crippen LogP contribution is -2.48. The van der Waals surface area contributed by atoms with Crippen molar-refractivity contribution in [2.75, 3.05) is 26.2 Å². The van der Waals surface area contributed by atoms with Crippen LogP contribution >= 0.6 is 11.6 Å². The predicted molar refractivity (Wildman–Crippen MR) is 123 cm³/mol. The number of nitrogens with zero attached hydrogens (tertiary/aromatic N) is 2. The van der Waals surface area contributed by atoms with E-state index in [1.807, 2.05) is 18.7 Å². The molecular formula is C22H34ClN3O4S. The van der Waals surface area contributed by atoms with E-state index in [0.717, 1.165) is 12.8 Å². The van der Waals surface area contributed by atoms with Gasteiger partial charge in [0, 0.05) is 43.7 Å². The molecule has 9 heteroatoms. The van der Waals surface area contributed by atoms with Crippen molar-refractivity contribution in [3.05, 3.63) is 28.8 Å². The second-order valence-electron chi connectivity index (χ2n) is 7.82. The minimum atomic E-state index is -3.77. The maximum absolute atomic E-state index is 12.9. The zero-order valence-corrected chi connectivity index (χ0v) is 20.4. The lowest BCUT2D eigenvalue weighted by Gasteiger charge is -2.34. The normalized spacial score (nSPS) is 15.5. The Morgan fingerprint density at radius 1 is 1.13 bits per heavy atom. The lowest BCUT2D eigenvalue weighted by molar-refractivity contribution is -0.136. The topological polar surface area (TPSA) is 86.8 Å². The van der Waals surface area contributed by atoms with Gasteiger partial charge in [-0.25, -0.2) is 8.42 Å². The molecule has 1 aliphatic rings. The van der Waals surface area contributed by atoms with Crippen LogP contribution in [-0.4, -0.2) is 61.7 Å². The van der Waals surface area contributed by atoms with Crippen molar-refractivity contribution in [1.29, 1.82) is 0 Å². The first-order valence-electron chi connectivity index (χ1n) is 11.1. The molecular weight excluding hydrogens is 438 g/mol. The van der Waals surface area contributed by atoms with Crippen LogP contribution in [0.15, 0.2) is 23.1 Å². The van der Waals surface area contributed by atoms with Crippen molar-refractivity contribution < 1.29 is 18.0 Å². The Hall–Kier alpha value is -1.64. The molecule has 7 nitrogen and oxygen atoms in total. The molecule has 0 radical (unpaired) electrons. The largest absolute Gasteiger partial charge is 0.349 e. The lowest BCUT2D eigenvalue weighted by atomic mass is 9.98. The summed E-state index contributed by atoms with van der Waals surface area (Å²) < 4.78 is 27.0. The van der Waals surface area contributed by atoms with Crippen molar-refractivity contribution in [3.63, 3.8) is 0 Å². The van der Waals surface area contributed by atoms with Gasteiger partial charge in [0.05, 0.1) is 5.02 Å². The van der Waals surface area contributed by atoms with Gasteiger partial charge in [0.1, 0.15) is 4.90 Å². The molecule has 1 aliphatic heterocycles. The number of sulfonamides is 1. The van der Waals surface area contributed by atoms with Gasteiger partial charge >= 0.3 is 0 Å². The van der Waals surface area contributed by atoms with E-state index >= 15 is 0 Å². The average Bonchev–Trinajstić information content (AvgIpc) is 2.75. The fraction of sp³-hybridized carbons (Fsp3) is 0.636. The predicted octanol–water partition coefficient (Wildman–Crippen LogP) is 3.53. The fourth-order valence-corrected chi connectivity index (χ4v) is 5.91. The summed E-state index contributed by atoms with van der Waals surface area (Å²) in [6.07, 6.45) is 3.02. The van der Waals surface area contributed by atoms with Crippen LogP contribution in [0.25, 0.3) is 0 Å². The molecule has 0 aliphatic carbocycles. The molecule has 0 spiro atoms. The smallest absolute Gasteiger partial charge is 0.251 e. The average molecular weight is 472 g/mol. The van der Waals surface area contributed by atoms with Gasteiger partial charge in [-0.15, -0.1) is 0 Å². The number of carbonyl (C=O) groups is 2. The minimum Gasteiger partial charge on any atom is -0.349 e. The Bertz CT molecular complexity index is 875. The standard InChI is InChI=1S/C22H34ClN3O4S/c1-5-16(6-2)22(28)25-13-11-18(12-14-25)24-21(27)17-9-10-19(23)20(15-17)31(29,30)26(7-3)8-4/h9-10,15-16,18H,5-8,11-14H2,1-4H3,(H,24,27). The van der Waals surface area contributed by atoms with Crippen molar-refractivity contribution in [1.82, 2.24) is 14.5 Å². The number of piperidine rings is 1. The summed E-state index contributed by atoms with van der Waals surface area (Å²) in [5.74, 6) is -0.0810. The zero-order chi connectivity index (χ0) is 23.2. The third-order valence-electron chi connectivity index (χ3n) is 5.99. The first-order valence-corrected chi connectivity index (χ1v) is 12.9. The number of amides is 2. The quantitative estimate of drug-likeness (QED) is 0.596. The summed E-state index contributed by atoms with van der Waals surface area (Å²) in [5.41, 5.74) is 0.255. The maximum atomic E-state index is 12.9. The number of likely N-dealkylation sites (tertiary alicyclic amines) is 1. The molecule has 2 rings (SSSR count). The van der Waals surface area contributed by atoms with Gasteiger partial charge in [-0.05, 0) is 43.9 Å². The summed E-state index contributed by atoms with van der Waals surface area (Å²) in [5, 5.41) is 3.07. The third-order valence-corrected chi connectivity index (χ3v) is 8.52. The molecule has 0 atom stereocenters. The fourth-order valence-electron chi connectivity index (χ4n) is 3.95. The molecule has 1 fully saturated rings. The van der Waals surface area contributed by atoms with Crippen LogP contribution < -0.4 is 5.32 Å². The minimum absolute atomic E-state index is 0.0585. The van der Waals surface area contributed by atoms with Crippen molar-refractivity contribution in [2.45, 2.75) is 64.3 Å². The highest BCUT2D eigenvalue weighted by Gasteiger charge is 2.29. The van der Waals surface area contributed by atoms with Crippen molar-refractivity contribution >= 4 is 33.4 Å². The summed E-state index contributed by atoms with van der Waals surface area (Å²) in [7, 11) is -3.77. The van der Waals surface area contributed by atoms with Crippen molar-refractivity contribution in [2.24, 2.45) is 5.92 Å². The van der Waals surface area contributed by atoms with E-state index in [2.05, 4.69) is 5.32 Å². The van der Waals surface area contributed by atoms with Crippen LogP contribution in [0, 0.1) is 5.92 Å². The van der Waals surface area contributed by atoms with E-state index in [9.17, 15) is 18.0 Å². The summed E-state index contributed by atoms with van der Waals surface area (Å²) >= 11 is 6.16. The van der Waals surface area contributed by atoms with Gasteiger partial charge in [-0.1, -0.05) is 39.3 Å². The molecule has 0 bridgehead atoms. The Labute approximate surface area is 191 Å². The van der Waals surface area contributed by atoms with E-state index < -0.39 is 10.0 Å². The highest BCUT2D eigenvalue weighted by atomic mass is 35.5. The molecule has 0 saturated carbocycles. The van der Waals surface area contributed by atoms with E-state index in [0.29, 0.717) is 39.0 Å².